The summed E-state index contributed by atoms with van der Waals surface area (Å²) in [5, 5.41) is 10.6. The van der Waals surface area contributed by atoms with Gasteiger partial charge in [-0.3, -0.25) is 24.0 Å². The van der Waals surface area contributed by atoms with Gasteiger partial charge in [-0.2, -0.15) is 0 Å². The number of carbonyl (C=O) groups is 5. The van der Waals surface area contributed by atoms with E-state index < -0.39 is 28.1 Å². The van der Waals surface area contributed by atoms with E-state index in [-0.39, 0.29) is 63.9 Å². The van der Waals surface area contributed by atoms with Gasteiger partial charge in [-0.05, 0) is 225 Å². The first-order valence-corrected chi connectivity index (χ1v) is 30.0. The first-order valence-electron chi connectivity index (χ1n) is 30.0. The van der Waals surface area contributed by atoms with Crippen LogP contribution in [0.5, 0.6) is 0 Å². The van der Waals surface area contributed by atoms with Crippen molar-refractivity contribution in [2.75, 3.05) is 13.2 Å². The van der Waals surface area contributed by atoms with Crippen molar-refractivity contribution in [3.05, 3.63) is 0 Å². The van der Waals surface area contributed by atoms with Crippen molar-refractivity contribution in [2.24, 2.45) is 69.0 Å². The van der Waals surface area contributed by atoms with E-state index in [9.17, 15) is 29.1 Å². The van der Waals surface area contributed by atoms with Gasteiger partial charge in [0.15, 0.2) is 11.7 Å². The summed E-state index contributed by atoms with van der Waals surface area (Å²) in [5.41, 5.74) is -3.59. The van der Waals surface area contributed by atoms with E-state index in [0.717, 1.165) is 107 Å². The second kappa shape index (κ2) is 21.8. The van der Waals surface area contributed by atoms with Gasteiger partial charge >= 0.3 is 29.8 Å². The summed E-state index contributed by atoms with van der Waals surface area (Å²) in [7, 11) is 0. The fourth-order valence-corrected chi connectivity index (χ4v) is 15.7. The molecule has 0 aromatic heterocycles. The van der Waals surface area contributed by atoms with Gasteiger partial charge < -0.3 is 33.5 Å². The molecule has 422 valence electrons. The van der Waals surface area contributed by atoms with E-state index in [1.165, 1.54) is 44.9 Å². The Labute approximate surface area is 446 Å². The maximum absolute atomic E-state index is 12.7. The average Bonchev–Trinajstić information content (AvgIpc) is 4.22. The molecule has 2 heterocycles. The van der Waals surface area contributed by atoms with Gasteiger partial charge in [0.2, 0.25) is 0 Å². The number of carbonyl (C=O) groups excluding carboxylic acids is 5. The van der Waals surface area contributed by atoms with Crippen molar-refractivity contribution in [3.63, 3.8) is 0 Å². The molecule has 8 bridgehead atoms. The smallest absolute Gasteiger partial charge is 0.312 e. The van der Waals surface area contributed by atoms with Gasteiger partial charge in [-0.25, -0.2) is 0 Å². The zero-order valence-corrected chi connectivity index (χ0v) is 48.8. The van der Waals surface area contributed by atoms with Crippen LogP contribution in [0.1, 0.15) is 245 Å². The molecule has 9 aliphatic carbocycles. The van der Waals surface area contributed by atoms with Crippen molar-refractivity contribution in [1.82, 2.24) is 0 Å². The molecule has 9 saturated carbocycles. The predicted molar refractivity (Wildman–Crippen MR) is 284 cm³/mol. The molecular formula is C62H102O12. The quantitative estimate of drug-likeness (QED) is 0.0997. The molecule has 0 spiro atoms. The zero-order valence-electron chi connectivity index (χ0n) is 48.8. The molecule has 11 rings (SSSR count). The lowest BCUT2D eigenvalue weighted by molar-refractivity contribution is -0.225. The van der Waals surface area contributed by atoms with E-state index in [1.807, 2.05) is 76.2 Å². The van der Waals surface area contributed by atoms with E-state index >= 15 is 0 Å². The van der Waals surface area contributed by atoms with Crippen LogP contribution in [0.4, 0.5) is 0 Å². The SMILES string of the molecule is CCC(C)(C)C(=O)OC1(CC)CC2CC1C1C3CCC(C3)C21.CCC(C)(C)C(=O)OC12CC3CC(CC(O)(C3)C1)C2.CCC(C)(C)C(=O)OC12CCOCC1OC(=O)C2.CCC1(OC(=O)C(C)(C)CC)CCCC1. The minimum atomic E-state index is -0.807. The molecule has 11 aliphatic rings. The molecule has 74 heavy (non-hydrogen) atoms. The largest absolute Gasteiger partial charge is 0.459 e. The Hall–Kier alpha value is -2.73. The van der Waals surface area contributed by atoms with Crippen LogP contribution in [0, 0.1) is 69.0 Å². The van der Waals surface area contributed by atoms with Crippen LogP contribution in [0.15, 0.2) is 0 Å². The maximum Gasteiger partial charge on any atom is 0.312 e. The molecule has 11 atom stereocenters. The van der Waals surface area contributed by atoms with Crippen molar-refractivity contribution < 1.29 is 57.5 Å². The van der Waals surface area contributed by atoms with Gasteiger partial charge in [0.05, 0.1) is 46.9 Å². The van der Waals surface area contributed by atoms with Gasteiger partial charge in [0.25, 0.3) is 0 Å². The van der Waals surface area contributed by atoms with Gasteiger partial charge in [0, 0.05) is 18.8 Å². The van der Waals surface area contributed by atoms with Crippen molar-refractivity contribution in [2.45, 2.75) is 279 Å². The molecular weight excluding hydrogens is 937 g/mol. The Morgan fingerprint density at radius 1 is 0.595 bits per heavy atom. The summed E-state index contributed by atoms with van der Waals surface area (Å²) in [6.45, 7) is 28.8. The number of hydrogen-bond donors (Lipinski definition) is 1. The third-order valence-electron chi connectivity index (χ3n) is 21.8. The van der Waals surface area contributed by atoms with E-state index in [2.05, 4.69) is 20.8 Å². The molecule has 11 fully saturated rings. The molecule has 0 radical (unpaired) electrons. The molecule has 0 amide bonds. The van der Waals surface area contributed by atoms with Crippen molar-refractivity contribution in [1.29, 1.82) is 0 Å². The highest BCUT2D eigenvalue weighted by Gasteiger charge is 2.68. The molecule has 1 N–H and O–H groups in total. The molecule has 0 aromatic carbocycles. The second-order valence-corrected chi connectivity index (χ2v) is 28.4. The highest BCUT2D eigenvalue weighted by molar-refractivity contribution is 5.79. The van der Waals surface area contributed by atoms with Gasteiger partial charge in [-0.1, -0.05) is 41.5 Å². The molecule has 2 saturated heterocycles. The van der Waals surface area contributed by atoms with Crippen LogP contribution in [-0.2, 0) is 52.4 Å². The number of rotatable bonds is 14. The first kappa shape index (κ1) is 58.9. The lowest BCUT2D eigenvalue weighted by atomic mass is 9.52. The first-order chi connectivity index (χ1) is 34.5. The fourth-order valence-electron chi connectivity index (χ4n) is 15.7. The summed E-state index contributed by atoms with van der Waals surface area (Å²) >= 11 is 0. The fraction of sp³-hybridized carbons (Fsp3) is 0.919. The lowest BCUT2D eigenvalue weighted by Gasteiger charge is -2.59. The maximum atomic E-state index is 12.7. The number of aliphatic hydroxyl groups is 1. The Bertz CT molecular complexity index is 2020. The average molecular weight is 1040 g/mol. The molecule has 12 heteroatoms. The van der Waals surface area contributed by atoms with E-state index in [4.69, 9.17) is 28.4 Å². The minimum absolute atomic E-state index is 0.0197. The third kappa shape index (κ3) is 11.8. The summed E-state index contributed by atoms with van der Waals surface area (Å²) in [4.78, 5) is 60.7. The van der Waals surface area contributed by atoms with Gasteiger partial charge in [-0.15, -0.1) is 0 Å². The topological polar surface area (TPSA) is 161 Å². The highest BCUT2D eigenvalue weighted by Crippen LogP contribution is 2.71. The summed E-state index contributed by atoms with van der Waals surface area (Å²) in [6.07, 6.45) is 22.4. The standard InChI is InChI=1S/C20H32O2.C16H26O3.C13H20O5.C13H24O2/c1-5-19(3,4)18(21)22-20(6-2)11-14-10-15(20)17-13-8-7-12(9-13)16(14)17;1-4-14(2,3)13(17)19-16-8-11-5-12(9-16)7-15(18,6-11)10-16;1-4-12(2,3)11(15)18-13-5-6-16-8-9(13)17-10(14)7-13;1-5-12(3,4)11(14)15-13(6-2)9-7-8-10-13/h12-17H,5-11H2,1-4H3;11-12,18H,4-10H2,1-3H3;9H,4-8H2,1-3H3;5-10H2,1-4H3. The van der Waals surface area contributed by atoms with Crippen LogP contribution in [-0.4, -0.2) is 82.3 Å². The Morgan fingerprint density at radius 2 is 1.11 bits per heavy atom. The van der Waals surface area contributed by atoms with Crippen molar-refractivity contribution >= 4 is 29.8 Å². The summed E-state index contributed by atoms with van der Waals surface area (Å²) in [6, 6.07) is 0. The number of ether oxygens (including phenoxy) is 6. The minimum Gasteiger partial charge on any atom is -0.459 e. The lowest BCUT2D eigenvalue weighted by Crippen LogP contribution is -2.61. The van der Waals surface area contributed by atoms with Crippen LogP contribution in [0.2, 0.25) is 0 Å². The summed E-state index contributed by atoms with van der Waals surface area (Å²) in [5.74, 6) is 5.84. The molecule has 2 aliphatic heterocycles. The number of hydrogen-bond acceptors (Lipinski definition) is 12. The summed E-state index contributed by atoms with van der Waals surface area (Å²) < 4.78 is 34.2. The van der Waals surface area contributed by atoms with Crippen molar-refractivity contribution in [3.8, 4) is 0 Å². The molecule has 0 aromatic rings. The number of fused-ring (bicyclic) bond motifs is 10. The normalized spacial score (nSPS) is 37.7. The Morgan fingerprint density at radius 3 is 1.62 bits per heavy atom. The Balaban J connectivity index is 0.000000146. The van der Waals surface area contributed by atoms with E-state index in [0.29, 0.717) is 50.2 Å². The molecule has 12 nitrogen and oxygen atoms in total. The Kier molecular flexibility index (Phi) is 17.4. The third-order valence-corrected chi connectivity index (χ3v) is 21.8. The second-order valence-electron chi connectivity index (χ2n) is 28.4. The van der Waals surface area contributed by atoms with Crippen LogP contribution in [0.25, 0.3) is 0 Å². The number of esters is 5. The molecule has 11 unspecified atom stereocenters. The van der Waals surface area contributed by atoms with Crippen LogP contribution < -0.4 is 0 Å². The zero-order chi connectivity index (χ0) is 54.5. The highest BCUT2D eigenvalue weighted by atomic mass is 16.6. The van der Waals surface area contributed by atoms with Crippen LogP contribution >= 0.6 is 0 Å². The van der Waals surface area contributed by atoms with Gasteiger partial charge in [0.1, 0.15) is 16.8 Å². The van der Waals surface area contributed by atoms with Crippen LogP contribution in [0.3, 0.4) is 0 Å². The van der Waals surface area contributed by atoms with E-state index in [1.54, 1.807) is 0 Å². The monoisotopic (exact) mass is 1040 g/mol. The predicted octanol–water partition coefficient (Wildman–Crippen LogP) is 13.0.